The van der Waals surface area contributed by atoms with E-state index in [9.17, 15) is 9.90 Å². The number of aryl methyl sites for hydroxylation is 1. The van der Waals surface area contributed by atoms with Crippen molar-refractivity contribution in [3.63, 3.8) is 0 Å². The molecule has 0 spiro atoms. The molecule has 7 heteroatoms. The van der Waals surface area contributed by atoms with E-state index in [1.807, 2.05) is 24.3 Å². The second kappa shape index (κ2) is 10.6. The van der Waals surface area contributed by atoms with Crippen LogP contribution in [0.4, 0.5) is 10.5 Å². The van der Waals surface area contributed by atoms with Crippen LogP contribution < -0.4 is 10.2 Å². The second-order valence-corrected chi connectivity index (χ2v) is 7.71. The third-order valence-corrected chi connectivity index (χ3v) is 5.82. The number of hydrogen-bond acceptors (Lipinski definition) is 4. The lowest BCUT2D eigenvalue weighted by molar-refractivity contribution is 0.199. The van der Waals surface area contributed by atoms with Gasteiger partial charge in [0, 0.05) is 17.5 Å². The number of thiazole rings is 1. The highest BCUT2D eigenvalue weighted by molar-refractivity contribution is 7.13. The summed E-state index contributed by atoms with van der Waals surface area (Å²) in [6.07, 6.45) is 4.40. The maximum absolute atomic E-state index is 12.0. The smallest absolute Gasteiger partial charge is 0.411 e. The number of nitrogens with zero attached hydrogens (tertiary/aromatic N) is 2. The number of para-hydroxylation sites is 1. The first kappa shape index (κ1) is 21.7. The quantitative estimate of drug-likeness (QED) is 0.670. The Morgan fingerprint density at radius 3 is 2.78 bits per heavy atom. The van der Waals surface area contributed by atoms with E-state index >= 15 is 0 Å². The van der Waals surface area contributed by atoms with Gasteiger partial charge in [-0.15, -0.1) is 23.7 Å². The minimum Gasteiger partial charge on any atom is -0.465 e. The first-order valence-electron chi connectivity index (χ1n) is 9.44. The first-order chi connectivity index (χ1) is 12.7. The van der Waals surface area contributed by atoms with Gasteiger partial charge in [-0.1, -0.05) is 25.5 Å². The Morgan fingerprint density at radius 1 is 1.33 bits per heavy atom. The van der Waals surface area contributed by atoms with E-state index < -0.39 is 6.09 Å². The Morgan fingerprint density at radius 2 is 2.07 bits per heavy atom. The van der Waals surface area contributed by atoms with Crippen molar-refractivity contribution in [1.82, 2.24) is 10.3 Å². The molecular weight excluding hydrogens is 382 g/mol. The number of anilines is 1. The maximum atomic E-state index is 12.0. The Hall–Kier alpha value is -1.63. The fraction of sp³-hybridized carbons (Fsp3) is 0.500. The average Bonchev–Trinajstić information content (AvgIpc) is 3.14. The molecule has 5 nitrogen and oxygen atoms in total. The Kier molecular flexibility index (Phi) is 8.54. The lowest BCUT2D eigenvalue weighted by Gasteiger charge is -2.29. The van der Waals surface area contributed by atoms with E-state index in [4.69, 9.17) is 4.98 Å². The van der Waals surface area contributed by atoms with Crippen molar-refractivity contribution >= 4 is 35.5 Å². The molecule has 1 fully saturated rings. The minimum absolute atomic E-state index is 0. The summed E-state index contributed by atoms with van der Waals surface area (Å²) in [6.45, 7) is 4.65. The number of benzene rings is 1. The summed E-state index contributed by atoms with van der Waals surface area (Å²) < 4.78 is 0. The van der Waals surface area contributed by atoms with Crippen LogP contribution in [0, 0.1) is 5.92 Å². The number of halogens is 1. The zero-order valence-electron chi connectivity index (χ0n) is 15.7. The number of amides is 1. The molecule has 1 aliphatic rings. The molecule has 0 radical (unpaired) electrons. The molecule has 1 amide bonds. The van der Waals surface area contributed by atoms with Crippen molar-refractivity contribution < 1.29 is 9.90 Å². The van der Waals surface area contributed by atoms with Crippen LogP contribution >= 0.6 is 23.7 Å². The van der Waals surface area contributed by atoms with Gasteiger partial charge in [0.2, 0.25) is 0 Å². The van der Waals surface area contributed by atoms with Crippen LogP contribution in [0.2, 0.25) is 0 Å². The second-order valence-electron chi connectivity index (χ2n) is 6.85. The SMILES string of the molecule is CCCCc1csc(-c2ccccc2N(CC2CCNCC2)C(=O)O)n1.Cl. The normalized spacial score (nSPS) is 14.6. The number of carboxylic acid groups (broad SMARTS) is 1. The number of piperidine rings is 1. The number of unbranched alkanes of at least 4 members (excludes halogenated alkanes) is 1. The van der Waals surface area contributed by atoms with Gasteiger partial charge in [0.1, 0.15) is 5.01 Å². The van der Waals surface area contributed by atoms with Gasteiger partial charge in [-0.05, 0) is 56.8 Å². The molecule has 0 bridgehead atoms. The van der Waals surface area contributed by atoms with Crippen molar-refractivity contribution in [3.8, 4) is 10.6 Å². The highest BCUT2D eigenvalue weighted by Gasteiger charge is 2.24. The lowest BCUT2D eigenvalue weighted by atomic mass is 9.97. The first-order valence-corrected chi connectivity index (χ1v) is 10.3. The molecule has 1 saturated heterocycles. The maximum Gasteiger partial charge on any atom is 0.411 e. The van der Waals surface area contributed by atoms with Gasteiger partial charge in [-0.25, -0.2) is 9.78 Å². The van der Waals surface area contributed by atoms with Crippen LogP contribution in [0.1, 0.15) is 38.3 Å². The lowest BCUT2D eigenvalue weighted by Crippen LogP contribution is -2.39. The Labute approximate surface area is 171 Å². The monoisotopic (exact) mass is 409 g/mol. The van der Waals surface area contributed by atoms with Crippen molar-refractivity contribution in [2.45, 2.75) is 39.0 Å². The van der Waals surface area contributed by atoms with Crippen molar-refractivity contribution in [3.05, 3.63) is 35.3 Å². The predicted octanol–water partition coefficient (Wildman–Crippen LogP) is 5.06. The van der Waals surface area contributed by atoms with Crippen molar-refractivity contribution in [2.75, 3.05) is 24.5 Å². The van der Waals surface area contributed by atoms with Crippen LogP contribution in [-0.4, -0.2) is 35.8 Å². The van der Waals surface area contributed by atoms with Crippen LogP contribution in [-0.2, 0) is 6.42 Å². The largest absolute Gasteiger partial charge is 0.465 e. The van der Waals surface area contributed by atoms with E-state index in [-0.39, 0.29) is 12.4 Å². The van der Waals surface area contributed by atoms with E-state index in [0.29, 0.717) is 12.5 Å². The molecule has 2 heterocycles. The molecule has 148 valence electrons. The van der Waals surface area contributed by atoms with Crippen LogP contribution in [0.25, 0.3) is 10.6 Å². The van der Waals surface area contributed by atoms with Gasteiger partial charge in [-0.2, -0.15) is 0 Å². The summed E-state index contributed by atoms with van der Waals surface area (Å²) in [5.41, 5.74) is 2.76. The Balaban J connectivity index is 0.00000261. The van der Waals surface area contributed by atoms with Gasteiger partial charge in [-0.3, -0.25) is 4.90 Å². The third kappa shape index (κ3) is 5.67. The highest BCUT2D eigenvalue weighted by Crippen LogP contribution is 2.34. The van der Waals surface area contributed by atoms with Gasteiger partial charge in [0.15, 0.2) is 0 Å². The van der Waals surface area contributed by atoms with E-state index in [0.717, 1.165) is 67.1 Å². The molecule has 1 aliphatic heterocycles. The van der Waals surface area contributed by atoms with Crippen LogP contribution in [0.15, 0.2) is 29.6 Å². The number of aromatic nitrogens is 1. The van der Waals surface area contributed by atoms with E-state index in [1.165, 1.54) is 4.90 Å². The van der Waals surface area contributed by atoms with Crippen molar-refractivity contribution in [2.24, 2.45) is 5.92 Å². The summed E-state index contributed by atoms with van der Waals surface area (Å²) in [7, 11) is 0. The summed E-state index contributed by atoms with van der Waals surface area (Å²) in [5, 5.41) is 16.2. The Bertz CT molecular complexity index is 732. The molecular formula is C20H28ClN3O2S. The molecule has 2 aromatic rings. The molecule has 0 unspecified atom stereocenters. The highest BCUT2D eigenvalue weighted by atomic mass is 35.5. The molecule has 2 N–H and O–H groups in total. The van der Waals surface area contributed by atoms with Crippen molar-refractivity contribution in [1.29, 1.82) is 0 Å². The zero-order valence-corrected chi connectivity index (χ0v) is 17.3. The van der Waals surface area contributed by atoms with Gasteiger partial charge in [0.05, 0.1) is 11.4 Å². The molecule has 27 heavy (non-hydrogen) atoms. The zero-order chi connectivity index (χ0) is 18.4. The number of carbonyl (C=O) groups is 1. The van der Waals surface area contributed by atoms with E-state index in [1.54, 1.807) is 11.3 Å². The number of hydrogen-bond donors (Lipinski definition) is 2. The third-order valence-electron chi connectivity index (χ3n) is 4.89. The summed E-state index contributed by atoms with van der Waals surface area (Å²) >= 11 is 1.60. The molecule has 0 saturated carbocycles. The molecule has 0 atom stereocenters. The topological polar surface area (TPSA) is 65.5 Å². The molecule has 1 aromatic carbocycles. The number of rotatable bonds is 7. The number of nitrogens with one attached hydrogen (secondary N) is 1. The van der Waals surface area contributed by atoms with E-state index in [2.05, 4.69) is 17.6 Å². The standard InChI is InChI=1S/C20H27N3O2S.ClH/c1-2-3-6-16-14-26-19(22-16)17-7-4-5-8-18(17)23(20(24)25)13-15-9-11-21-12-10-15;/h4-5,7-8,14-15,21H,2-3,6,9-13H2,1H3,(H,24,25);1H. The van der Waals surface area contributed by atoms with Crippen LogP contribution in [0.5, 0.6) is 0 Å². The van der Waals surface area contributed by atoms with Gasteiger partial charge >= 0.3 is 6.09 Å². The van der Waals surface area contributed by atoms with Crippen LogP contribution in [0.3, 0.4) is 0 Å². The predicted molar refractivity (Wildman–Crippen MR) is 114 cm³/mol. The summed E-state index contributed by atoms with van der Waals surface area (Å²) in [4.78, 5) is 18.3. The molecule has 3 rings (SSSR count). The average molecular weight is 410 g/mol. The minimum atomic E-state index is -0.890. The van der Waals surface area contributed by atoms with Gasteiger partial charge in [0.25, 0.3) is 0 Å². The summed E-state index contributed by atoms with van der Waals surface area (Å²) in [6, 6.07) is 7.74. The fourth-order valence-electron chi connectivity index (χ4n) is 3.40. The fourth-order valence-corrected chi connectivity index (χ4v) is 4.28. The summed E-state index contributed by atoms with van der Waals surface area (Å²) in [5.74, 6) is 0.400. The van der Waals surface area contributed by atoms with Gasteiger partial charge < -0.3 is 10.4 Å². The molecule has 0 aliphatic carbocycles. The molecule has 1 aromatic heterocycles.